The molecule has 0 bridgehead atoms. The van der Waals surface area contributed by atoms with Crippen LogP contribution in [-0.2, 0) is 10.0 Å². The minimum Gasteiger partial charge on any atom is -0.200 e. The van der Waals surface area contributed by atoms with Crippen molar-refractivity contribution in [2.24, 2.45) is 5.10 Å². The molecule has 2 aromatic carbocycles. The molecular formula is C18H20N2O2S. The fourth-order valence-corrected chi connectivity index (χ4v) is 3.29. The summed E-state index contributed by atoms with van der Waals surface area (Å²) in [6, 6.07) is 16.2. The second-order valence-electron chi connectivity index (χ2n) is 5.16. The van der Waals surface area contributed by atoms with Gasteiger partial charge in [0.2, 0.25) is 0 Å². The molecule has 0 radical (unpaired) electrons. The van der Waals surface area contributed by atoms with Gasteiger partial charge in [-0.3, -0.25) is 0 Å². The van der Waals surface area contributed by atoms with Crippen molar-refractivity contribution in [1.29, 1.82) is 0 Å². The van der Waals surface area contributed by atoms with Crippen molar-refractivity contribution in [3.8, 4) is 0 Å². The Bertz CT molecular complexity index is 795. The lowest BCUT2D eigenvalue weighted by Gasteiger charge is -2.19. The average Bonchev–Trinajstić information content (AvgIpc) is 2.55. The zero-order valence-corrected chi connectivity index (χ0v) is 14.1. The predicted octanol–water partition coefficient (Wildman–Crippen LogP) is 3.60. The maximum absolute atomic E-state index is 12.8. The molecule has 0 N–H and O–H groups in total. The van der Waals surface area contributed by atoms with Crippen LogP contribution in [0.4, 0.5) is 0 Å². The molecule has 5 heteroatoms. The third-order valence-electron chi connectivity index (χ3n) is 3.33. The summed E-state index contributed by atoms with van der Waals surface area (Å²) in [6.07, 6.45) is 1.52. The Morgan fingerprint density at radius 3 is 2.30 bits per heavy atom. The largest absolute Gasteiger partial charge is 0.279 e. The predicted molar refractivity (Wildman–Crippen MR) is 93.9 cm³/mol. The molecule has 0 aliphatic heterocycles. The highest BCUT2D eigenvalue weighted by Gasteiger charge is 2.22. The monoisotopic (exact) mass is 328 g/mol. The van der Waals surface area contributed by atoms with E-state index < -0.39 is 10.0 Å². The third kappa shape index (κ3) is 4.07. The number of sulfonamides is 1. The molecule has 2 rings (SSSR count). The molecular weight excluding hydrogens is 308 g/mol. The molecule has 0 spiro atoms. The van der Waals surface area contributed by atoms with E-state index in [4.69, 9.17) is 0 Å². The van der Waals surface area contributed by atoms with Crippen LogP contribution in [0.3, 0.4) is 0 Å². The summed E-state index contributed by atoms with van der Waals surface area (Å²) >= 11 is 0. The minimum atomic E-state index is -3.71. The number of hydrazone groups is 1. The SMILES string of the molecule is C=CCN(/N=C(\C)c1ccccc1)S(=O)(=O)c1ccc(C)cc1. The number of aryl methyl sites for hydroxylation is 1. The first-order valence-electron chi connectivity index (χ1n) is 7.26. The molecule has 120 valence electrons. The van der Waals surface area contributed by atoms with E-state index in [0.717, 1.165) is 15.5 Å². The zero-order chi connectivity index (χ0) is 16.9. The van der Waals surface area contributed by atoms with E-state index in [9.17, 15) is 8.42 Å². The molecule has 0 aromatic heterocycles. The normalized spacial score (nSPS) is 12.0. The van der Waals surface area contributed by atoms with Crippen molar-refractivity contribution >= 4 is 15.7 Å². The minimum absolute atomic E-state index is 0.111. The molecule has 0 fully saturated rings. The lowest BCUT2D eigenvalue weighted by atomic mass is 10.1. The van der Waals surface area contributed by atoms with Crippen LogP contribution in [0.5, 0.6) is 0 Å². The number of hydrogen-bond acceptors (Lipinski definition) is 3. The van der Waals surface area contributed by atoms with Crippen molar-refractivity contribution in [3.63, 3.8) is 0 Å². The van der Waals surface area contributed by atoms with E-state index in [1.54, 1.807) is 31.2 Å². The Morgan fingerprint density at radius 2 is 1.74 bits per heavy atom. The molecule has 0 saturated carbocycles. The number of benzene rings is 2. The molecule has 0 amide bonds. The van der Waals surface area contributed by atoms with Gasteiger partial charge in [0.15, 0.2) is 0 Å². The summed E-state index contributed by atoms with van der Waals surface area (Å²) in [7, 11) is -3.71. The fourth-order valence-electron chi connectivity index (χ4n) is 2.04. The van der Waals surface area contributed by atoms with Gasteiger partial charge in [-0.25, -0.2) is 0 Å². The number of nitrogens with zero attached hydrogens (tertiary/aromatic N) is 2. The Morgan fingerprint density at radius 1 is 1.13 bits per heavy atom. The van der Waals surface area contributed by atoms with Crippen molar-refractivity contribution in [1.82, 2.24) is 4.41 Å². The second-order valence-corrected chi connectivity index (χ2v) is 7.01. The van der Waals surface area contributed by atoms with E-state index in [2.05, 4.69) is 11.7 Å². The van der Waals surface area contributed by atoms with Crippen LogP contribution in [0.2, 0.25) is 0 Å². The average molecular weight is 328 g/mol. The Kier molecular flexibility index (Phi) is 5.34. The Labute approximate surface area is 137 Å². The lowest BCUT2D eigenvalue weighted by molar-refractivity contribution is 0.462. The quantitative estimate of drug-likeness (QED) is 0.462. The van der Waals surface area contributed by atoms with Gasteiger partial charge in [0, 0.05) is 0 Å². The first-order chi connectivity index (χ1) is 10.9. The summed E-state index contributed by atoms with van der Waals surface area (Å²) in [5, 5.41) is 4.30. The molecule has 4 nitrogen and oxygen atoms in total. The third-order valence-corrected chi connectivity index (χ3v) is 4.99. The lowest BCUT2D eigenvalue weighted by Crippen LogP contribution is -2.27. The molecule has 0 aliphatic rings. The van der Waals surface area contributed by atoms with Gasteiger partial charge >= 0.3 is 0 Å². The van der Waals surface area contributed by atoms with Gasteiger partial charge in [0.1, 0.15) is 0 Å². The highest BCUT2D eigenvalue weighted by atomic mass is 32.2. The maximum Gasteiger partial charge on any atom is 0.279 e. The van der Waals surface area contributed by atoms with Gasteiger partial charge in [-0.2, -0.15) is 17.9 Å². The van der Waals surface area contributed by atoms with Gasteiger partial charge in [0.25, 0.3) is 10.0 Å². The molecule has 0 unspecified atom stereocenters. The van der Waals surface area contributed by atoms with Crippen LogP contribution in [0, 0.1) is 6.92 Å². The van der Waals surface area contributed by atoms with Crippen molar-refractivity contribution in [2.75, 3.05) is 6.54 Å². The Hall–Kier alpha value is -2.40. The zero-order valence-electron chi connectivity index (χ0n) is 13.3. The number of hydrogen-bond donors (Lipinski definition) is 0. The summed E-state index contributed by atoms with van der Waals surface area (Å²) in [5.74, 6) is 0. The topological polar surface area (TPSA) is 49.7 Å². The van der Waals surface area contributed by atoms with Gasteiger partial charge in [-0.1, -0.05) is 54.1 Å². The van der Waals surface area contributed by atoms with Crippen LogP contribution in [0.25, 0.3) is 0 Å². The van der Waals surface area contributed by atoms with Crippen molar-refractivity contribution in [2.45, 2.75) is 18.7 Å². The van der Waals surface area contributed by atoms with E-state index in [-0.39, 0.29) is 11.4 Å². The van der Waals surface area contributed by atoms with Gasteiger partial charge in [-0.15, -0.1) is 6.58 Å². The van der Waals surface area contributed by atoms with E-state index in [1.165, 1.54) is 6.08 Å². The summed E-state index contributed by atoms with van der Waals surface area (Å²) < 4.78 is 26.6. The maximum atomic E-state index is 12.8. The van der Waals surface area contributed by atoms with E-state index in [1.807, 2.05) is 37.3 Å². The van der Waals surface area contributed by atoms with E-state index >= 15 is 0 Å². The molecule has 23 heavy (non-hydrogen) atoms. The highest BCUT2D eigenvalue weighted by Crippen LogP contribution is 2.17. The molecule has 0 heterocycles. The summed E-state index contributed by atoms with van der Waals surface area (Å²) in [5.41, 5.74) is 2.51. The Balaban J connectivity index is 2.41. The number of rotatable bonds is 6. The van der Waals surface area contributed by atoms with Crippen LogP contribution < -0.4 is 0 Å². The molecule has 0 aliphatic carbocycles. The second kappa shape index (κ2) is 7.24. The first kappa shape index (κ1) is 17.0. The smallest absolute Gasteiger partial charge is 0.200 e. The first-order valence-corrected chi connectivity index (χ1v) is 8.70. The van der Waals surface area contributed by atoms with Crippen molar-refractivity contribution < 1.29 is 8.42 Å². The summed E-state index contributed by atoms with van der Waals surface area (Å²) in [4.78, 5) is 0.217. The molecule has 0 saturated heterocycles. The van der Waals surface area contributed by atoms with Gasteiger partial charge in [-0.05, 0) is 31.5 Å². The molecule has 2 aromatic rings. The molecule has 0 atom stereocenters. The van der Waals surface area contributed by atoms with Crippen LogP contribution >= 0.6 is 0 Å². The van der Waals surface area contributed by atoms with Crippen molar-refractivity contribution in [3.05, 3.63) is 78.4 Å². The van der Waals surface area contributed by atoms with Gasteiger partial charge < -0.3 is 0 Å². The van der Waals surface area contributed by atoms with Gasteiger partial charge in [0.05, 0.1) is 17.2 Å². The highest BCUT2D eigenvalue weighted by molar-refractivity contribution is 7.89. The standard InChI is InChI=1S/C18H20N2O2S/c1-4-14-20(19-16(3)17-8-6-5-7-9-17)23(21,22)18-12-10-15(2)11-13-18/h4-13H,1,14H2,2-3H3/b19-16+. The van der Waals surface area contributed by atoms with E-state index in [0.29, 0.717) is 5.71 Å². The van der Waals surface area contributed by atoms with Crippen LogP contribution in [-0.4, -0.2) is 25.1 Å². The van der Waals surface area contributed by atoms with Crippen LogP contribution in [0.15, 0.2) is 77.2 Å². The summed E-state index contributed by atoms with van der Waals surface area (Å²) in [6.45, 7) is 7.44. The van der Waals surface area contributed by atoms with Crippen LogP contribution in [0.1, 0.15) is 18.1 Å². The fraction of sp³-hybridized carbons (Fsp3) is 0.167.